The van der Waals surface area contributed by atoms with E-state index in [4.69, 9.17) is 0 Å². The maximum atomic E-state index is 12.5. The van der Waals surface area contributed by atoms with Gasteiger partial charge in [-0.25, -0.2) is 9.97 Å². The average molecular weight is 313 g/mol. The normalized spacial score (nSPS) is 20.5. The van der Waals surface area contributed by atoms with Gasteiger partial charge in [0.1, 0.15) is 0 Å². The summed E-state index contributed by atoms with van der Waals surface area (Å²) in [6, 6.07) is 3.86. The van der Waals surface area contributed by atoms with Crippen LogP contribution in [0.1, 0.15) is 15.9 Å². The van der Waals surface area contributed by atoms with E-state index < -0.39 is 6.10 Å². The number of pyridine rings is 1. The third-order valence-corrected chi connectivity index (χ3v) is 4.06. The minimum Gasteiger partial charge on any atom is -0.391 e. The molecule has 2 aromatic rings. The summed E-state index contributed by atoms with van der Waals surface area (Å²) in [7, 11) is 1.72. The number of hydrogen-bond acceptors (Lipinski definition) is 6. The highest BCUT2D eigenvalue weighted by Gasteiger charge is 2.34. The summed E-state index contributed by atoms with van der Waals surface area (Å²) in [4.78, 5) is 26.3. The summed E-state index contributed by atoms with van der Waals surface area (Å²) in [5.74, 6) is 0.348. The van der Waals surface area contributed by atoms with Gasteiger partial charge >= 0.3 is 0 Å². The molecule has 23 heavy (non-hydrogen) atoms. The second kappa shape index (κ2) is 6.70. The predicted molar refractivity (Wildman–Crippen MR) is 84.9 cm³/mol. The monoisotopic (exact) mass is 313 g/mol. The number of amides is 1. The van der Waals surface area contributed by atoms with E-state index in [1.165, 1.54) is 12.4 Å². The lowest BCUT2D eigenvalue weighted by Crippen LogP contribution is -2.29. The van der Waals surface area contributed by atoms with Crippen LogP contribution in [0.5, 0.6) is 0 Å². The number of β-amino-alcohol motifs (C(OH)–C–C–N with tert-alkyl or cyclic N) is 1. The van der Waals surface area contributed by atoms with Crippen LogP contribution in [0.15, 0.2) is 36.9 Å². The van der Waals surface area contributed by atoms with Crippen molar-refractivity contribution in [3.05, 3.63) is 48.0 Å². The summed E-state index contributed by atoms with van der Waals surface area (Å²) >= 11 is 0. The Kier molecular flexibility index (Phi) is 4.47. The van der Waals surface area contributed by atoms with Crippen LogP contribution >= 0.6 is 0 Å². The molecule has 120 valence electrons. The van der Waals surface area contributed by atoms with Gasteiger partial charge in [-0.05, 0) is 24.1 Å². The Hall–Kier alpha value is -2.54. The molecule has 1 saturated heterocycles. The maximum absolute atomic E-state index is 12.5. The number of hydrogen-bond donors (Lipinski definition) is 2. The van der Waals surface area contributed by atoms with Crippen LogP contribution in [0.2, 0.25) is 0 Å². The predicted octanol–water partition coefficient (Wildman–Crippen LogP) is 0.589. The zero-order chi connectivity index (χ0) is 16.2. The van der Waals surface area contributed by atoms with Gasteiger partial charge in [-0.2, -0.15) is 0 Å². The Labute approximate surface area is 134 Å². The molecule has 2 atom stereocenters. The number of likely N-dealkylation sites (tertiary alicyclic amines) is 1. The van der Waals surface area contributed by atoms with Crippen LogP contribution in [-0.2, 0) is 6.42 Å². The summed E-state index contributed by atoms with van der Waals surface area (Å²) < 4.78 is 0. The number of carbonyl (C=O) groups excluding carboxylic acids is 1. The molecule has 3 heterocycles. The first-order valence-corrected chi connectivity index (χ1v) is 7.53. The molecule has 0 saturated carbocycles. The highest BCUT2D eigenvalue weighted by Crippen LogP contribution is 2.22. The van der Waals surface area contributed by atoms with Crippen LogP contribution in [0.3, 0.4) is 0 Å². The lowest BCUT2D eigenvalue weighted by Gasteiger charge is -2.16. The van der Waals surface area contributed by atoms with Crippen LogP contribution in [0.25, 0.3) is 0 Å². The number of nitrogens with zero attached hydrogens (tertiary/aromatic N) is 4. The number of aliphatic hydroxyl groups excluding tert-OH is 1. The molecule has 1 aliphatic rings. The van der Waals surface area contributed by atoms with E-state index in [0.717, 1.165) is 12.0 Å². The summed E-state index contributed by atoms with van der Waals surface area (Å²) in [5, 5.41) is 13.1. The Morgan fingerprint density at radius 3 is 2.65 bits per heavy atom. The topological polar surface area (TPSA) is 91.2 Å². The average Bonchev–Trinajstić information content (AvgIpc) is 2.96. The SMILES string of the molecule is CNc1ncc(C(=O)N2C[C@@H](Cc3ccncc3)[C@H](O)C2)cn1. The second-order valence-corrected chi connectivity index (χ2v) is 5.64. The van der Waals surface area contributed by atoms with E-state index in [-0.39, 0.29) is 11.8 Å². The van der Waals surface area contributed by atoms with Crippen molar-refractivity contribution in [2.75, 3.05) is 25.5 Å². The van der Waals surface area contributed by atoms with Gasteiger partial charge in [0.2, 0.25) is 5.95 Å². The zero-order valence-corrected chi connectivity index (χ0v) is 12.9. The Balaban J connectivity index is 1.66. The maximum Gasteiger partial charge on any atom is 0.257 e. The van der Waals surface area contributed by atoms with Crippen molar-refractivity contribution in [2.24, 2.45) is 5.92 Å². The molecular weight excluding hydrogens is 294 g/mol. The molecule has 1 fully saturated rings. The third-order valence-electron chi connectivity index (χ3n) is 4.06. The molecule has 2 aromatic heterocycles. The van der Waals surface area contributed by atoms with E-state index >= 15 is 0 Å². The van der Waals surface area contributed by atoms with Gasteiger partial charge in [-0.15, -0.1) is 0 Å². The Bertz CT molecular complexity index is 662. The van der Waals surface area contributed by atoms with E-state index in [1.54, 1.807) is 24.3 Å². The van der Waals surface area contributed by atoms with Gasteiger partial charge < -0.3 is 15.3 Å². The fourth-order valence-corrected chi connectivity index (χ4v) is 2.79. The second-order valence-electron chi connectivity index (χ2n) is 5.64. The third kappa shape index (κ3) is 3.45. The quantitative estimate of drug-likeness (QED) is 0.858. The van der Waals surface area contributed by atoms with Gasteiger partial charge in [0.05, 0.1) is 11.7 Å². The smallest absolute Gasteiger partial charge is 0.257 e. The zero-order valence-electron chi connectivity index (χ0n) is 12.9. The largest absolute Gasteiger partial charge is 0.391 e. The fraction of sp³-hybridized carbons (Fsp3) is 0.375. The minimum absolute atomic E-state index is 0.0267. The number of rotatable bonds is 4. The molecule has 2 N–H and O–H groups in total. The molecule has 3 rings (SSSR count). The summed E-state index contributed by atoms with van der Waals surface area (Å²) in [6.07, 6.45) is 6.68. The summed E-state index contributed by atoms with van der Waals surface area (Å²) in [6.45, 7) is 0.860. The summed E-state index contributed by atoms with van der Waals surface area (Å²) in [5.41, 5.74) is 1.54. The molecule has 1 aliphatic heterocycles. The van der Waals surface area contributed by atoms with Gasteiger partial charge in [0.25, 0.3) is 5.91 Å². The van der Waals surface area contributed by atoms with Gasteiger partial charge in [0.15, 0.2) is 0 Å². The van der Waals surface area contributed by atoms with Crippen molar-refractivity contribution in [1.29, 1.82) is 0 Å². The van der Waals surface area contributed by atoms with Crippen LogP contribution in [0, 0.1) is 5.92 Å². The molecule has 7 heteroatoms. The Morgan fingerprint density at radius 2 is 2.00 bits per heavy atom. The van der Waals surface area contributed by atoms with Crippen LogP contribution in [-0.4, -0.2) is 57.1 Å². The van der Waals surface area contributed by atoms with E-state index in [2.05, 4.69) is 20.3 Å². The molecule has 1 amide bonds. The van der Waals surface area contributed by atoms with Gasteiger partial charge in [-0.1, -0.05) is 0 Å². The molecule has 0 aliphatic carbocycles. The van der Waals surface area contributed by atoms with E-state index in [1.807, 2.05) is 12.1 Å². The highest BCUT2D eigenvalue weighted by atomic mass is 16.3. The van der Waals surface area contributed by atoms with Crippen molar-refractivity contribution in [3.63, 3.8) is 0 Å². The molecular formula is C16H19N5O2. The number of aromatic nitrogens is 3. The molecule has 0 spiro atoms. The first-order valence-electron chi connectivity index (χ1n) is 7.53. The number of aliphatic hydroxyl groups is 1. The molecule has 0 radical (unpaired) electrons. The van der Waals surface area contributed by atoms with Gasteiger partial charge in [-0.3, -0.25) is 9.78 Å². The van der Waals surface area contributed by atoms with Crippen LogP contribution in [0.4, 0.5) is 5.95 Å². The molecule has 0 aromatic carbocycles. The van der Waals surface area contributed by atoms with Crippen molar-refractivity contribution in [3.8, 4) is 0 Å². The lowest BCUT2D eigenvalue weighted by molar-refractivity contribution is 0.0764. The van der Waals surface area contributed by atoms with Gasteiger partial charge in [0, 0.05) is 50.8 Å². The lowest BCUT2D eigenvalue weighted by atomic mass is 9.97. The first kappa shape index (κ1) is 15.4. The molecule has 7 nitrogen and oxygen atoms in total. The van der Waals surface area contributed by atoms with Crippen molar-refractivity contribution in [2.45, 2.75) is 12.5 Å². The minimum atomic E-state index is -0.524. The first-order chi connectivity index (χ1) is 11.2. The molecule has 0 bridgehead atoms. The van der Waals surface area contributed by atoms with Crippen molar-refractivity contribution >= 4 is 11.9 Å². The van der Waals surface area contributed by atoms with Crippen molar-refractivity contribution in [1.82, 2.24) is 19.9 Å². The Morgan fingerprint density at radius 1 is 1.30 bits per heavy atom. The van der Waals surface area contributed by atoms with Crippen LogP contribution < -0.4 is 5.32 Å². The molecule has 0 unspecified atom stereocenters. The number of nitrogens with one attached hydrogen (secondary N) is 1. The number of anilines is 1. The van der Waals surface area contributed by atoms with E-state index in [9.17, 15) is 9.90 Å². The van der Waals surface area contributed by atoms with E-state index in [0.29, 0.717) is 24.6 Å². The number of carbonyl (C=O) groups is 1. The highest BCUT2D eigenvalue weighted by molar-refractivity contribution is 5.94. The fourth-order valence-electron chi connectivity index (χ4n) is 2.79. The standard InChI is InChI=1S/C16H19N5O2/c1-17-16-19-7-13(8-20-16)15(23)21-9-12(14(22)10-21)6-11-2-4-18-5-3-11/h2-5,7-8,12,14,22H,6,9-10H2,1H3,(H,17,19,20)/t12-,14-/m1/s1. The van der Waals surface area contributed by atoms with Crippen molar-refractivity contribution < 1.29 is 9.90 Å².